The molecule has 0 saturated heterocycles. The maximum atomic E-state index is 13.6. The summed E-state index contributed by atoms with van der Waals surface area (Å²) in [7, 11) is 0. The van der Waals surface area contributed by atoms with Crippen molar-refractivity contribution in [3.05, 3.63) is 70.8 Å². The van der Waals surface area contributed by atoms with Crippen LogP contribution in [0.1, 0.15) is 69.6 Å². The standard InChI is InChI=1S/C27H36F2N2O3/c1-26(2,3)19-7-9-20(10-8-19)27(11-5-4-6-12-27)30-17-24(32)23(31-25(33)34)15-18-13-21(28)16-22(29)14-18/h7-10,13-14,16,23-24,30-32H,4-6,11-12,15,17H2,1-3H3,(H,33,34). The van der Waals surface area contributed by atoms with Crippen LogP contribution in [0, 0.1) is 11.6 Å². The van der Waals surface area contributed by atoms with E-state index in [1.165, 1.54) is 5.56 Å². The van der Waals surface area contributed by atoms with Crippen molar-refractivity contribution in [3.63, 3.8) is 0 Å². The van der Waals surface area contributed by atoms with Gasteiger partial charge in [-0.05, 0) is 53.5 Å². The minimum absolute atomic E-state index is 0.0306. The number of hydrogen-bond donors (Lipinski definition) is 4. The van der Waals surface area contributed by atoms with Gasteiger partial charge in [-0.15, -0.1) is 0 Å². The minimum Gasteiger partial charge on any atom is -0.465 e. The maximum absolute atomic E-state index is 13.6. The van der Waals surface area contributed by atoms with Crippen LogP contribution in [0.2, 0.25) is 0 Å². The number of benzene rings is 2. The highest BCUT2D eigenvalue weighted by atomic mass is 19.1. The smallest absolute Gasteiger partial charge is 0.404 e. The molecule has 2 unspecified atom stereocenters. The molecule has 2 aromatic carbocycles. The fraction of sp³-hybridized carbons (Fsp3) is 0.519. The highest BCUT2D eigenvalue weighted by molar-refractivity contribution is 5.65. The Hall–Kier alpha value is -2.51. The van der Waals surface area contributed by atoms with Crippen LogP contribution in [0.5, 0.6) is 0 Å². The van der Waals surface area contributed by atoms with Crippen LogP contribution >= 0.6 is 0 Å². The predicted octanol–water partition coefficient (Wildman–Crippen LogP) is 5.25. The summed E-state index contributed by atoms with van der Waals surface area (Å²) >= 11 is 0. The third-order valence-electron chi connectivity index (χ3n) is 6.81. The SMILES string of the molecule is CC(C)(C)c1ccc(C2(NCC(O)C(Cc3cc(F)cc(F)c3)NC(=O)O)CCCCC2)cc1. The maximum Gasteiger partial charge on any atom is 0.404 e. The molecule has 2 aromatic rings. The lowest BCUT2D eigenvalue weighted by atomic mass is 9.75. The van der Waals surface area contributed by atoms with Crippen LogP contribution in [-0.4, -0.2) is 35.0 Å². The fourth-order valence-electron chi connectivity index (χ4n) is 4.88. The minimum atomic E-state index is -1.30. The van der Waals surface area contributed by atoms with Crippen LogP contribution < -0.4 is 10.6 Å². The summed E-state index contributed by atoms with van der Waals surface area (Å²) in [5.74, 6) is -1.48. The van der Waals surface area contributed by atoms with Crippen molar-refractivity contribution in [3.8, 4) is 0 Å². The van der Waals surface area contributed by atoms with Gasteiger partial charge in [-0.1, -0.05) is 64.3 Å². The van der Waals surface area contributed by atoms with Crippen LogP contribution in [0.15, 0.2) is 42.5 Å². The quantitative estimate of drug-likeness (QED) is 0.421. The Morgan fingerprint density at radius 3 is 2.15 bits per heavy atom. The molecule has 0 aromatic heterocycles. The molecular weight excluding hydrogens is 438 g/mol. The van der Waals surface area contributed by atoms with Crippen LogP contribution in [0.4, 0.5) is 13.6 Å². The molecule has 0 bridgehead atoms. The van der Waals surface area contributed by atoms with Crippen LogP contribution in [0.3, 0.4) is 0 Å². The number of aliphatic hydroxyl groups is 1. The Balaban J connectivity index is 1.77. The molecule has 0 spiro atoms. The molecule has 0 radical (unpaired) electrons. The number of hydrogen-bond acceptors (Lipinski definition) is 3. The number of amides is 1. The molecule has 5 nitrogen and oxygen atoms in total. The number of carboxylic acid groups (broad SMARTS) is 1. The average molecular weight is 475 g/mol. The molecule has 1 fully saturated rings. The molecule has 3 rings (SSSR count). The van der Waals surface area contributed by atoms with Crippen molar-refractivity contribution >= 4 is 6.09 Å². The molecule has 1 saturated carbocycles. The zero-order valence-electron chi connectivity index (χ0n) is 20.2. The Bertz CT molecular complexity index is 947. The van der Waals surface area contributed by atoms with Crippen LogP contribution in [-0.2, 0) is 17.4 Å². The second-order valence-electron chi connectivity index (χ2n) is 10.5. The first-order valence-electron chi connectivity index (χ1n) is 12.0. The van der Waals surface area contributed by atoms with E-state index in [-0.39, 0.29) is 29.5 Å². The molecular formula is C27H36F2N2O3. The van der Waals surface area contributed by atoms with Gasteiger partial charge >= 0.3 is 6.09 Å². The van der Waals surface area contributed by atoms with Gasteiger partial charge in [-0.2, -0.15) is 0 Å². The van der Waals surface area contributed by atoms with E-state index in [1.807, 2.05) is 0 Å². The number of rotatable bonds is 8. The summed E-state index contributed by atoms with van der Waals surface area (Å²) < 4.78 is 27.2. The van der Waals surface area contributed by atoms with E-state index in [2.05, 4.69) is 55.7 Å². The third kappa shape index (κ3) is 6.76. The van der Waals surface area contributed by atoms with Crippen molar-refractivity contribution < 1.29 is 23.8 Å². The zero-order chi connectivity index (χ0) is 24.9. The van der Waals surface area contributed by atoms with E-state index < -0.39 is 29.9 Å². The van der Waals surface area contributed by atoms with Gasteiger partial charge in [0.1, 0.15) is 11.6 Å². The van der Waals surface area contributed by atoms with Gasteiger partial charge in [0.05, 0.1) is 12.1 Å². The molecule has 0 aliphatic heterocycles. The van der Waals surface area contributed by atoms with Crippen LogP contribution in [0.25, 0.3) is 0 Å². The van der Waals surface area contributed by atoms with Gasteiger partial charge in [-0.3, -0.25) is 0 Å². The molecule has 34 heavy (non-hydrogen) atoms. The average Bonchev–Trinajstić information content (AvgIpc) is 2.76. The molecule has 1 aliphatic carbocycles. The first kappa shape index (κ1) is 26.1. The topological polar surface area (TPSA) is 81.6 Å². The van der Waals surface area contributed by atoms with Crippen molar-refractivity contribution in [1.29, 1.82) is 0 Å². The van der Waals surface area contributed by atoms with E-state index in [4.69, 9.17) is 0 Å². The van der Waals surface area contributed by atoms with Crippen molar-refractivity contribution in [1.82, 2.24) is 10.6 Å². The molecule has 186 valence electrons. The van der Waals surface area contributed by atoms with Crippen molar-refractivity contribution in [2.75, 3.05) is 6.54 Å². The number of carbonyl (C=O) groups is 1. The summed E-state index contributed by atoms with van der Waals surface area (Å²) in [5, 5.41) is 26.0. The Morgan fingerprint density at radius 2 is 1.62 bits per heavy atom. The largest absolute Gasteiger partial charge is 0.465 e. The summed E-state index contributed by atoms with van der Waals surface area (Å²) in [6.07, 6.45) is 2.69. The van der Waals surface area contributed by atoms with Gasteiger partial charge < -0.3 is 20.8 Å². The molecule has 7 heteroatoms. The highest BCUT2D eigenvalue weighted by Crippen LogP contribution is 2.38. The van der Waals surface area contributed by atoms with Crippen molar-refractivity contribution in [2.45, 2.75) is 82.4 Å². The summed E-state index contributed by atoms with van der Waals surface area (Å²) in [6.45, 7) is 6.66. The molecule has 1 aliphatic rings. The van der Waals surface area contributed by atoms with E-state index in [0.29, 0.717) is 0 Å². The molecule has 4 N–H and O–H groups in total. The van der Waals surface area contributed by atoms with Gasteiger partial charge in [0.2, 0.25) is 0 Å². The second kappa shape index (κ2) is 10.8. The Labute approximate surface area is 200 Å². The van der Waals surface area contributed by atoms with Gasteiger partial charge in [0.15, 0.2) is 0 Å². The van der Waals surface area contributed by atoms with Gasteiger partial charge in [0, 0.05) is 18.2 Å². The lowest BCUT2D eigenvalue weighted by Crippen LogP contribution is -2.53. The first-order valence-corrected chi connectivity index (χ1v) is 12.0. The normalized spacial score (nSPS) is 17.7. The molecule has 0 heterocycles. The van der Waals surface area contributed by atoms with Crippen molar-refractivity contribution in [2.24, 2.45) is 0 Å². The highest BCUT2D eigenvalue weighted by Gasteiger charge is 2.35. The number of aliphatic hydroxyl groups excluding tert-OH is 1. The first-order chi connectivity index (χ1) is 16.0. The van der Waals surface area contributed by atoms with E-state index in [9.17, 15) is 23.8 Å². The summed E-state index contributed by atoms with van der Waals surface area (Å²) in [6, 6.07) is 10.7. The van der Waals surface area contributed by atoms with Gasteiger partial charge in [-0.25, -0.2) is 13.6 Å². The third-order valence-corrected chi connectivity index (χ3v) is 6.81. The second-order valence-corrected chi connectivity index (χ2v) is 10.5. The molecule has 2 atom stereocenters. The summed E-state index contributed by atoms with van der Waals surface area (Å²) in [5.41, 5.74) is 2.42. The summed E-state index contributed by atoms with van der Waals surface area (Å²) in [4.78, 5) is 11.4. The lowest BCUT2D eigenvalue weighted by Gasteiger charge is -2.40. The van der Waals surface area contributed by atoms with E-state index in [0.717, 1.165) is 55.9 Å². The van der Waals surface area contributed by atoms with E-state index in [1.54, 1.807) is 0 Å². The Morgan fingerprint density at radius 1 is 1.03 bits per heavy atom. The van der Waals surface area contributed by atoms with E-state index >= 15 is 0 Å². The molecule has 1 amide bonds. The number of halogens is 2. The predicted molar refractivity (Wildman–Crippen MR) is 129 cm³/mol. The Kier molecular flexibility index (Phi) is 8.31. The monoisotopic (exact) mass is 474 g/mol. The fourth-order valence-corrected chi connectivity index (χ4v) is 4.88. The lowest BCUT2D eigenvalue weighted by molar-refractivity contribution is 0.100. The van der Waals surface area contributed by atoms with Gasteiger partial charge in [0.25, 0.3) is 0 Å². The number of nitrogens with one attached hydrogen (secondary N) is 2. The zero-order valence-corrected chi connectivity index (χ0v) is 20.2.